The van der Waals surface area contributed by atoms with Gasteiger partial charge >= 0.3 is 5.76 Å². The standard InChI is InChI=1S/C16H15ClN2O4/c1-3-22-12-6-4-5-11(17)10(12)8-19-7-9(2)14-13(15(19)20)18-16(21)23-14/h4-7H,3,8H2,1-2H3,(H,18,21). The van der Waals surface area contributed by atoms with Crippen LogP contribution < -0.4 is 16.1 Å². The van der Waals surface area contributed by atoms with E-state index in [-0.39, 0.29) is 23.2 Å². The number of aromatic amines is 1. The van der Waals surface area contributed by atoms with Crippen molar-refractivity contribution in [3.63, 3.8) is 0 Å². The summed E-state index contributed by atoms with van der Waals surface area (Å²) in [6.45, 7) is 4.38. The summed E-state index contributed by atoms with van der Waals surface area (Å²) in [6, 6.07) is 5.35. The molecule has 7 heteroatoms. The van der Waals surface area contributed by atoms with Crippen LogP contribution in [0.5, 0.6) is 5.75 Å². The van der Waals surface area contributed by atoms with Crippen molar-refractivity contribution < 1.29 is 9.15 Å². The molecular formula is C16H15ClN2O4. The summed E-state index contributed by atoms with van der Waals surface area (Å²) in [5, 5.41) is 0.515. The lowest BCUT2D eigenvalue weighted by Crippen LogP contribution is -2.22. The van der Waals surface area contributed by atoms with E-state index in [1.54, 1.807) is 31.3 Å². The normalized spacial score (nSPS) is 11.1. The predicted octanol–water partition coefficient (Wildman–Crippen LogP) is 2.69. The number of hydrogen-bond donors (Lipinski definition) is 1. The average Bonchev–Trinajstić information content (AvgIpc) is 2.90. The van der Waals surface area contributed by atoms with Gasteiger partial charge in [-0.3, -0.25) is 9.78 Å². The van der Waals surface area contributed by atoms with E-state index >= 15 is 0 Å². The number of H-pyrrole nitrogens is 1. The van der Waals surface area contributed by atoms with Crippen LogP contribution in [-0.4, -0.2) is 16.2 Å². The first-order valence-electron chi connectivity index (χ1n) is 7.14. The molecule has 0 bridgehead atoms. The van der Waals surface area contributed by atoms with Gasteiger partial charge in [0.2, 0.25) is 0 Å². The molecule has 0 radical (unpaired) electrons. The van der Waals surface area contributed by atoms with E-state index in [2.05, 4.69) is 4.98 Å². The van der Waals surface area contributed by atoms with Gasteiger partial charge in [0.15, 0.2) is 11.1 Å². The van der Waals surface area contributed by atoms with E-state index in [0.29, 0.717) is 28.5 Å². The second kappa shape index (κ2) is 5.96. The summed E-state index contributed by atoms with van der Waals surface area (Å²) in [4.78, 5) is 26.3. The molecule has 3 rings (SSSR count). The first kappa shape index (κ1) is 15.4. The highest BCUT2D eigenvalue weighted by Gasteiger charge is 2.15. The van der Waals surface area contributed by atoms with Crippen molar-refractivity contribution >= 4 is 22.7 Å². The van der Waals surface area contributed by atoms with Gasteiger partial charge in [0.1, 0.15) is 5.75 Å². The highest BCUT2D eigenvalue weighted by atomic mass is 35.5. The number of benzene rings is 1. The van der Waals surface area contributed by atoms with Gasteiger partial charge in [-0.05, 0) is 26.0 Å². The molecule has 6 nitrogen and oxygen atoms in total. The van der Waals surface area contributed by atoms with Crippen LogP contribution in [0.4, 0.5) is 0 Å². The predicted molar refractivity (Wildman–Crippen MR) is 87.6 cm³/mol. The van der Waals surface area contributed by atoms with Crippen molar-refractivity contribution in [2.75, 3.05) is 6.61 Å². The zero-order valence-corrected chi connectivity index (χ0v) is 13.4. The van der Waals surface area contributed by atoms with Crippen molar-refractivity contribution in [2.45, 2.75) is 20.4 Å². The van der Waals surface area contributed by atoms with Crippen LogP contribution in [0, 0.1) is 6.92 Å². The van der Waals surface area contributed by atoms with Crippen LogP contribution in [0.2, 0.25) is 5.02 Å². The Hall–Kier alpha value is -2.47. The number of aromatic nitrogens is 2. The summed E-state index contributed by atoms with van der Waals surface area (Å²) in [6.07, 6.45) is 1.64. The van der Waals surface area contributed by atoms with Gasteiger partial charge < -0.3 is 13.7 Å². The van der Waals surface area contributed by atoms with Gasteiger partial charge in [-0.15, -0.1) is 0 Å². The maximum Gasteiger partial charge on any atom is 0.417 e. The third kappa shape index (κ3) is 2.77. The minimum atomic E-state index is -0.648. The van der Waals surface area contributed by atoms with Crippen LogP contribution in [0.1, 0.15) is 18.1 Å². The third-order valence-corrected chi connectivity index (χ3v) is 3.89. The maximum absolute atomic E-state index is 12.5. The van der Waals surface area contributed by atoms with Crippen LogP contribution >= 0.6 is 11.6 Å². The molecule has 1 N–H and O–H groups in total. The Kier molecular flexibility index (Phi) is 4.00. The lowest BCUT2D eigenvalue weighted by molar-refractivity contribution is 0.335. The fraction of sp³-hybridized carbons (Fsp3) is 0.250. The molecule has 1 aromatic carbocycles. The maximum atomic E-state index is 12.5. The van der Waals surface area contributed by atoms with Gasteiger partial charge in [-0.1, -0.05) is 17.7 Å². The fourth-order valence-corrected chi connectivity index (χ4v) is 2.75. The Balaban J connectivity index is 2.15. The number of pyridine rings is 1. The largest absolute Gasteiger partial charge is 0.493 e. The van der Waals surface area contributed by atoms with Crippen molar-refractivity contribution in [3.8, 4) is 5.75 Å². The quantitative estimate of drug-likeness (QED) is 0.795. The molecule has 0 aliphatic carbocycles. The summed E-state index contributed by atoms with van der Waals surface area (Å²) in [5.74, 6) is -0.0176. The molecule has 0 spiro atoms. The van der Waals surface area contributed by atoms with E-state index in [1.165, 1.54) is 4.57 Å². The van der Waals surface area contributed by atoms with E-state index < -0.39 is 5.76 Å². The second-order valence-corrected chi connectivity index (χ2v) is 5.52. The van der Waals surface area contributed by atoms with Gasteiger partial charge in [-0.2, -0.15) is 0 Å². The molecular weight excluding hydrogens is 320 g/mol. The third-order valence-electron chi connectivity index (χ3n) is 3.54. The number of halogens is 1. The fourth-order valence-electron chi connectivity index (χ4n) is 2.52. The molecule has 0 amide bonds. The molecule has 0 atom stereocenters. The lowest BCUT2D eigenvalue weighted by Gasteiger charge is -2.13. The van der Waals surface area contributed by atoms with Gasteiger partial charge in [0.25, 0.3) is 5.56 Å². The Morgan fingerprint density at radius 3 is 2.87 bits per heavy atom. The molecule has 2 heterocycles. The highest BCUT2D eigenvalue weighted by molar-refractivity contribution is 6.31. The SMILES string of the molecule is CCOc1cccc(Cl)c1Cn1cc(C)c2oc(=O)[nH]c2c1=O. The number of hydrogen-bond acceptors (Lipinski definition) is 4. The summed E-state index contributed by atoms with van der Waals surface area (Å²) >= 11 is 6.26. The summed E-state index contributed by atoms with van der Waals surface area (Å²) in [7, 11) is 0. The van der Waals surface area contributed by atoms with Gasteiger partial charge in [-0.25, -0.2) is 4.79 Å². The smallest absolute Gasteiger partial charge is 0.417 e. The van der Waals surface area contributed by atoms with Crippen LogP contribution in [0.15, 0.2) is 38.4 Å². The van der Waals surface area contributed by atoms with Crippen molar-refractivity contribution in [3.05, 3.63) is 61.4 Å². The van der Waals surface area contributed by atoms with Crippen LogP contribution in [0.25, 0.3) is 11.1 Å². The molecule has 0 saturated carbocycles. The Morgan fingerprint density at radius 2 is 2.13 bits per heavy atom. The van der Waals surface area contributed by atoms with E-state index in [1.807, 2.05) is 6.92 Å². The highest BCUT2D eigenvalue weighted by Crippen LogP contribution is 2.27. The lowest BCUT2D eigenvalue weighted by atomic mass is 10.2. The molecule has 2 aromatic heterocycles. The Bertz CT molecular complexity index is 984. The Labute approximate surface area is 136 Å². The molecule has 0 unspecified atom stereocenters. The van der Waals surface area contributed by atoms with Crippen LogP contribution in [0.3, 0.4) is 0 Å². The minimum Gasteiger partial charge on any atom is -0.493 e. The number of nitrogens with zero attached hydrogens (tertiary/aromatic N) is 1. The summed E-state index contributed by atoms with van der Waals surface area (Å²) < 4.78 is 12.1. The molecule has 0 aliphatic rings. The number of aryl methyl sites for hydroxylation is 1. The molecule has 3 aromatic rings. The molecule has 0 saturated heterocycles. The van der Waals surface area contributed by atoms with E-state index in [9.17, 15) is 9.59 Å². The number of rotatable bonds is 4. The van der Waals surface area contributed by atoms with Crippen molar-refractivity contribution in [1.82, 2.24) is 9.55 Å². The van der Waals surface area contributed by atoms with E-state index in [0.717, 1.165) is 0 Å². The molecule has 120 valence electrons. The number of fused-ring (bicyclic) bond motifs is 1. The van der Waals surface area contributed by atoms with Gasteiger partial charge in [0, 0.05) is 22.3 Å². The molecule has 23 heavy (non-hydrogen) atoms. The molecule has 0 fully saturated rings. The topological polar surface area (TPSA) is 77.2 Å². The summed E-state index contributed by atoms with van der Waals surface area (Å²) in [5.41, 5.74) is 1.48. The first-order chi connectivity index (χ1) is 11.0. The van der Waals surface area contributed by atoms with E-state index in [4.69, 9.17) is 20.8 Å². The number of ether oxygens (including phenoxy) is 1. The van der Waals surface area contributed by atoms with Crippen molar-refractivity contribution in [1.29, 1.82) is 0 Å². The van der Waals surface area contributed by atoms with Gasteiger partial charge in [0.05, 0.1) is 13.2 Å². The van der Waals surface area contributed by atoms with Crippen molar-refractivity contribution in [2.24, 2.45) is 0 Å². The Morgan fingerprint density at radius 1 is 1.35 bits per heavy atom. The minimum absolute atomic E-state index is 0.153. The zero-order valence-electron chi connectivity index (χ0n) is 12.7. The molecule has 0 aliphatic heterocycles. The number of nitrogens with one attached hydrogen (secondary N) is 1. The zero-order chi connectivity index (χ0) is 16.6. The second-order valence-electron chi connectivity index (χ2n) is 5.11. The first-order valence-corrected chi connectivity index (χ1v) is 7.52. The average molecular weight is 335 g/mol. The monoisotopic (exact) mass is 334 g/mol. The van der Waals surface area contributed by atoms with Crippen LogP contribution in [-0.2, 0) is 6.54 Å². The number of oxazole rings is 1.